The summed E-state index contributed by atoms with van der Waals surface area (Å²) >= 11 is 0. The van der Waals surface area contributed by atoms with E-state index in [4.69, 9.17) is 0 Å². The minimum absolute atomic E-state index is 0.106. The van der Waals surface area contributed by atoms with Gasteiger partial charge in [-0.25, -0.2) is 0 Å². The van der Waals surface area contributed by atoms with Gasteiger partial charge in [0.15, 0.2) is 0 Å². The van der Waals surface area contributed by atoms with Gasteiger partial charge in [0, 0.05) is 0 Å². The molecule has 1 unspecified atom stereocenters. The summed E-state index contributed by atoms with van der Waals surface area (Å²) in [6.07, 6.45) is 1.66. The summed E-state index contributed by atoms with van der Waals surface area (Å²) in [7, 11) is -7.45. The first-order valence-electron chi connectivity index (χ1n) is 3.94. The standard InChI is InChI=1S/C6H12F4NP/c1-6-4-2-3-5-11(6)12(7,8,9)10/h6H,2-5H2,1H3. The Morgan fingerprint density at radius 1 is 1.17 bits per heavy atom. The predicted octanol–water partition coefficient (Wildman–Crippen LogP) is 3.87. The molecule has 0 saturated carbocycles. The number of piperidine rings is 1. The van der Waals surface area contributed by atoms with Crippen molar-refractivity contribution < 1.29 is 16.8 Å². The van der Waals surface area contributed by atoms with Crippen LogP contribution < -0.4 is 0 Å². The van der Waals surface area contributed by atoms with E-state index in [-0.39, 0.29) is 11.2 Å². The monoisotopic (exact) mass is 205 g/mol. The minimum atomic E-state index is -7.45. The first-order chi connectivity index (χ1) is 5.27. The Kier molecular flexibility index (Phi) is 2.39. The van der Waals surface area contributed by atoms with E-state index in [1.54, 1.807) is 0 Å². The molecule has 0 amide bonds. The third kappa shape index (κ3) is 2.30. The van der Waals surface area contributed by atoms with E-state index in [1.807, 2.05) is 0 Å². The quantitative estimate of drug-likeness (QED) is 0.464. The zero-order valence-corrected chi connectivity index (χ0v) is 7.71. The number of halogens is 4. The summed E-state index contributed by atoms with van der Waals surface area (Å²) in [4.78, 5) is 0. The Morgan fingerprint density at radius 3 is 2.08 bits per heavy atom. The molecule has 74 valence electrons. The third-order valence-electron chi connectivity index (χ3n) is 2.16. The number of hydrogen-bond acceptors (Lipinski definition) is 1. The van der Waals surface area contributed by atoms with Crippen molar-refractivity contribution in [1.82, 2.24) is 4.67 Å². The molecule has 1 saturated heterocycles. The topological polar surface area (TPSA) is 3.24 Å². The Hall–Kier alpha value is 0.110. The van der Waals surface area contributed by atoms with Gasteiger partial charge in [-0.2, -0.15) is 0 Å². The van der Waals surface area contributed by atoms with Crippen LogP contribution in [0.25, 0.3) is 0 Å². The van der Waals surface area contributed by atoms with E-state index < -0.39 is 14.0 Å². The molecule has 1 aliphatic rings. The van der Waals surface area contributed by atoms with Crippen LogP contribution in [0.3, 0.4) is 0 Å². The summed E-state index contributed by atoms with van der Waals surface area (Å²) in [6.45, 7) is 1.26. The number of hydrogen-bond donors (Lipinski definition) is 0. The van der Waals surface area contributed by atoms with Gasteiger partial charge >= 0.3 is 68.2 Å². The summed E-state index contributed by atoms with van der Waals surface area (Å²) in [5.41, 5.74) is 0. The molecule has 6 heteroatoms. The van der Waals surface area contributed by atoms with Gasteiger partial charge in [-0.3, -0.25) is 0 Å². The summed E-state index contributed by atoms with van der Waals surface area (Å²) in [5.74, 6) is 0. The first kappa shape index (κ1) is 10.2. The third-order valence-corrected chi connectivity index (χ3v) is 3.53. The molecule has 0 aromatic rings. The summed E-state index contributed by atoms with van der Waals surface area (Å²) in [5, 5.41) is 0. The van der Waals surface area contributed by atoms with Crippen LogP contribution in [0.1, 0.15) is 26.2 Å². The molecule has 0 aliphatic carbocycles. The van der Waals surface area contributed by atoms with Gasteiger partial charge in [0.2, 0.25) is 0 Å². The van der Waals surface area contributed by atoms with Crippen molar-refractivity contribution in [2.24, 2.45) is 0 Å². The fourth-order valence-corrected chi connectivity index (χ4v) is 2.69. The Balaban J connectivity index is 2.73. The molecule has 0 aromatic heterocycles. The van der Waals surface area contributed by atoms with Crippen LogP contribution in [0.2, 0.25) is 0 Å². The summed E-state index contributed by atoms with van der Waals surface area (Å²) in [6, 6.07) is -0.679. The molecular formula is C6H12F4NP. The average molecular weight is 205 g/mol. The molecule has 1 atom stereocenters. The van der Waals surface area contributed by atoms with Crippen molar-refractivity contribution in [3.05, 3.63) is 0 Å². The van der Waals surface area contributed by atoms with Crippen molar-refractivity contribution >= 4 is 8.00 Å². The second-order valence-electron chi connectivity index (χ2n) is 3.19. The van der Waals surface area contributed by atoms with Gasteiger partial charge in [-0.1, -0.05) is 0 Å². The Labute approximate surface area is 69.2 Å². The zero-order chi connectivity index (χ0) is 9.43. The van der Waals surface area contributed by atoms with E-state index in [0.717, 1.165) is 6.42 Å². The van der Waals surface area contributed by atoms with Crippen molar-refractivity contribution in [3.63, 3.8) is 0 Å². The van der Waals surface area contributed by atoms with Crippen LogP contribution in [0, 0.1) is 0 Å². The molecule has 1 nitrogen and oxygen atoms in total. The molecule has 1 rings (SSSR count). The van der Waals surface area contributed by atoms with Crippen LogP contribution in [0.5, 0.6) is 0 Å². The van der Waals surface area contributed by atoms with Crippen LogP contribution >= 0.6 is 8.00 Å². The van der Waals surface area contributed by atoms with Gasteiger partial charge in [-0.05, 0) is 0 Å². The maximum absolute atomic E-state index is 12.3. The van der Waals surface area contributed by atoms with Crippen molar-refractivity contribution in [2.75, 3.05) is 6.54 Å². The van der Waals surface area contributed by atoms with Crippen LogP contribution in [0.4, 0.5) is 16.8 Å². The molecule has 1 fully saturated rings. The van der Waals surface area contributed by atoms with Crippen LogP contribution in [-0.2, 0) is 0 Å². The van der Waals surface area contributed by atoms with Gasteiger partial charge in [0.25, 0.3) is 0 Å². The molecule has 0 bridgehead atoms. The second-order valence-corrected chi connectivity index (χ2v) is 5.08. The van der Waals surface area contributed by atoms with E-state index in [9.17, 15) is 16.8 Å². The number of nitrogens with zero attached hydrogens (tertiary/aromatic N) is 1. The van der Waals surface area contributed by atoms with Crippen molar-refractivity contribution in [1.29, 1.82) is 0 Å². The molecule has 0 radical (unpaired) electrons. The van der Waals surface area contributed by atoms with Crippen LogP contribution in [0.15, 0.2) is 0 Å². The fraction of sp³-hybridized carbons (Fsp3) is 1.00. The molecular weight excluding hydrogens is 193 g/mol. The maximum atomic E-state index is 12.3. The molecule has 12 heavy (non-hydrogen) atoms. The molecule has 0 spiro atoms. The molecule has 0 aromatic carbocycles. The van der Waals surface area contributed by atoms with E-state index in [2.05, 4.69) is 0 Å². The Bertz CT molecular complexity index is 169. The van der Waals surface area contributed by atoms with E-state index in [0.29, 0.717) is 12.8 Å². The SMILES string of the molecule is CC1CCCCN1P(F)(F)(F)F. The van der Waals surface area contributed by atoms with Gasteiger partial charge < -0.3 is 0 Å². The molecule has 1 aliphatic heterocycles. The first-order valence-corrected chi connectivity index (χ1v) is 5.69. The number of rotatable bonds is 1. The van der Waals surface area contributed by atoms with Crippen molar-refractivity contribution in [3.8, 4) is 0 Å². The van der Waals surface area contributed by atoms with Gasteiger partial charge in [0.05, 0.1) is 0 Å². The molecule has 0 N–H and O–H groups in total. The average Bonchev–Trinajstić information content (AvgIpc) is 1.84. The normalized spacial score (nSPS) is 31.1. The zero-order valence-electron chi connectivity index (χ0n) is 6.81. The van der Waals surface area contributed by atoms with E-state index in [1.165, 1.54) is 6.92 Å². The van der Waals surface area contributed by atoms with Gasteiger partial charge in [-0.15, -0.1) is 0 Å². The van der Waals surface area contributed by atoms with E-state index >= 15 is 0 Å². The van der Waals surface area contributed by atoms with Gasteiger partial charge in [0.1, 0.15) is 0 Å². The summed E-state index contributed by atoms with van der Waals surface area (Å²) < 4.78 is 49.2. The fourth-order valence-electron chi connectivity index (χ4n) is 1.53. The predicted molar refractivity (Wildman–Crippen MR) is 41.4 cm³/mol. The van der Waals surface area contributed by atoms with Crippen molar-refractivity contribution in [2.45, 2.75) is 32.2 Å². The Morgan fingerprint density at radius 2 is 1.75 bits per heavy atom. The molecule has 1 heterocycles. The van der Waals surface area contributed by atoms with Crippen LogP contribution in [-0.4, -0.2) is 17.3 Å². The second kappa shape index (κ2) is 2.81.